The molecule has 0 aromatic rings. The summed E-state index contributed by atoms with van der Waals surface area (Å²) in [5, 5.41) is 10.9. The van der Waals surface area contributed by atoms with E-state index in [4.69, 9.17) is 5.11 Å². The van der Waals surface area contributed by atoms with Gasteiger partial charge in [0.05, 0.1) is 5.25 Å². The lowest BCUT2D eigenvalue weighted by Crippen LogP contribution is -2.30. The molecule has 1 unspecified atom stereocenters. The van der Waals surface area contributed by atoms with E-state index in [0.717, 1.165) is 12.8 Å². The lowest BCUT2D eigenvalue weighted by atomic mass is 10.3. The zero-order valence-corrected chi connectivity index (χ0v) is 7.60. The first-order chi connectivity index (χ1) is 5.18. The van der Waals surface area contributed by atoms with Gasteiger partial charge in [-0.15, -0.1) is 0 Å². The summed E-state index contributed by atoms with van der Waals surface area (Å²) in [6, 6.07) is 0. The van der Waals surface area contributed by atoms with Crippen LogP contribution in [0.1, 0.15) is 19.8 Å². The van der Waals surface area contributed by atoms with Gasteiger partial charge in [0.2, 0.25) is 5.91 Å². The van der Waals surface area contributed by atoms with Gasteiger partial charge in [-0.1, -0.05) is 0 Å². The van der Waals surface area contributed by atoms with Crippen LogP contribution < -0.4 is 5.32 Å². The van der Waals surface area contributed by atoms with Gasteiger partial charge >= 0.3 is 0 Å². The van der Waals surface area contributed by atoms with Gasteiger partial charge in [0, 0.05) is 13.2 Å². The average molecular weight is 177 g/mol. The normalized spacial score (nSPS) is 12.6. The first-order valence-electron chi connectivity index (χ1n) is 3.75. The van der Waals surface area contributed by atoms with Crippen molar-refractivity contribution in [2.75, 3.05) is 13.2 Å². The Balaban J connectivity index is 3.18. The standard InChI is InChI=1S/C7H15NO2S/c1-6(11)7(10)8-4-2-3-5-9/h6,9,11H,2-5H2,1H3,(H,8,10). The molecule has 0 aromatic heterocycles. The Kier molecular flexibility index (Phi) is 6.36. The maximum absolute atomic E-state index is 10.9. The second-order valence-electron chi connectivity index (χ2n) is 2.40. The summed E-state index contributed by atoms with van der Waals surface area (Å²) in [7, 11) is 0. The zero-order chi connectivity index (χ0) is 8.69. The molecule has 2 N–H and O–H groups in total. The fourth-order valence-corrected chi connectivity index (χ4v) is 0.687. The highest BCUT2D eigenvalue weighted by molar-refractivity contribution is 7.81. The Labute approximate surface area is 72.6 Å². The number of hydrogen-bond donors (Lipinski definition) is 3. The van der Waals surface area contributed by atoms with Crippen LogP contribution >= 0.6 is 12.6 Å². The summed E-state index contributed by atoms with van der Waals surface area (Å²) in [5.74, 6) is -0.0497. The van der Waals surface area contributed by atoms with Crippen LogP contribution in [-0.4, -0.2) is 29.4 Å². The quantitative estimate of drug-likeness (QED) is 0.415. The molecular formula is C7H15NO2S. The van der Waals surface area contributed by atoms with Crippen LogP contribution in [0.2, 0.25) is 0 Å². The van der Waals surface area contributed by atoms with E-state index < -0.39 is 0 Å². The summed E-state index contributed by atoms with van der Waals surface area (Å²) in [5.41, 5.74) is 0. The number of nitrogens with one attached hydrogen (secondary N) is 1. The number of amides is 1. The molecule has 11 heavy (non-hydrogen) atoms. The van der Waals surface area contributed by atoms with E-state index in [1.165, 1.54) is 0 Å². The van der Waals surface area contributed by atoms with Crippen molar-refractivity contribution in [2.24, 2.45) is 0 Å². The van der Waals surface area contributed by atoms with Gasteiger partial charge in [0.1, 0.15) is 0 Å². The molecule has 0 saturated heterocycles. The minimum absolute atomic E-state index is 0.0497. The predicted molar refractivity (Wildman–Crippen MR) is 47.8 cm³/mol. The molecule has 0 aliphatic carbocycles. The van der Waals surface area contributed by atoms with E-state index in [2.05, 4.69) is 17.9 Å². The minimum atomic E-state index is -0.246. The van der Waals surface area contributed by atoms with Crippen molar-refractivity contribution in [3.63, 3.8) is 0 Å². The number of carbonyl (C=O) groups is 1. The van der Waals surface area contributed by atoms with Crippen molar-refractivity contribution >= 4 is 18.5 Å². The monoisotopic (exact) mass is 177 g/mol. The topological polar surface area (TPSA) is 49.3 Å². The number of aliphatic hydroxyl groups excluding tert-OH is 1. The Morgan fingerprint density at radius 2 is 2.27 bits per heavy atom. The van der Waals surface area contributed by atoms with Crippen LogP contribution in [0.5, 0.6) is 0 Å². The summed E-state index contributed by atoms with van der Waals surface area (Å²) in [6.07, 6.45) is 1.56. The molecule has 0 aromatic carbocycles. The van der Waals surface area contributed by atoms with Gasteiger partial charge < -0.3 is 10.4 Å². The van der Waals surface area contributed by atoms with Crippen LogP contribution in [0.15, 0.2) is 0 Å². The van der Waals surface area contributed by atoms with Crippen LogP contribution in [-0.2, 0) is 4.79 Å². The Bertz CT molecular complexity index is 117. The fourth-order valence-electron chi connectivity index (χ4n) is 0.596. The number of carbonyl (C=O) groups excluding carboxylic acids is 1. The van der Waals surface area contributed by atoms with Gasteiger partial charge in [0.15, 0.2) is 0 Å². The van der Waals surface area contributed by atoms with E-state index in [9.17, 15) is 4.79 Å². The Hall–Kier alpha value is -0.220. The first-order valence-corrected chi connectivity index (χ1v) is 4.26. The second kappa shape index (κ2) is 6.49. The van der Waals surface area contributed by atoms with Crippen molar-refractivity contribution < 1.29 is 9.90 Å². The molecule has 0 aliphatic heterocycles. The summed E-state index contributed by atoms with van der Waals surface area (Å²) >= 11 is 3.96. The Morgan fingerprint density at radius 1 is 1.64 bits per heavy atom. The summed E-state index contributed by atoms with van der Waals surface area (Å²) in [4.78, 5) is 10.9. The van der Waals surface area contributed by atoms with Gasteiger partial charge in [-0.25, -0.2) is 0 Å². The third-order valence-electron chi connectivity index (χ3n) is 1.26. The van der Waals surface area contributed by atoms with E-state index >= 15 is 0 Å². The molecule has 0 aliphatic rings. The molecule has 0 heterocycles. The summed E-state index contributed by atoms with van der Waals surface area (Å²) in [6.45, 7) is 2.54. The number of thiol groups is 1. The van der Waals surface area contributed by atoms with Crippen LogP contribution in [0.3, 0.4) is 0 Å². The fraction of sp³-hybridized carbons (Fsp3) is 0.857. The number of rotatable bonds is 5. The smallest absolute Gasteiger partial charge is 0.232 e. The molecular weight excluding hydrogens is 162 g/mol. The van der Waals surface area contributed by atoms with Crippen LogP contribution in [0, 0.1) is 0 Å². The van der Waals surface area contributed by atoms with Crippen LogP contribution in [0.4, 0.5) is 0 Å². The number of unbranched alkanes of at least 4 members (excludes halogenated alkanes) is 1. The third kappa shape index (κ3) is 6.19. The number of hydrogen-bond acceptors (Lipinski definition) is 3. The van der Waals surface area contributed by atoms with E-state index in [-0.39, 0.29) is 17.8 Å². The Morgan fingerprint density at radius 3 is 2.73 bits per heavy atom. The molecule has 0 spiro atoms. The van der Waals surface area contributed by atoms with Crippen molar-refractivity contribution in [3.05, 3.63) is 0 Å². The zero-order valence-electron chi connectivity index (χ0n) is 6.71. The lowest BCUT2D eigenvalue weighted by molar-refractivity contribution is -0.120. The maximum Gasteiger partial charge on any atom is 0.232 e. The predicted octanol–water partition coefficient (Wildman–Crippen LogP) is 0.193. The molecule has 0 fully saturated rings. The van der Waals surface area contributed by atoms with Gasteiger partial charge in [-0.2, -0.15) is 12.6 Å². The highest BCUT2D eigenvalue weighted by Gasteiger charge is 2.04. The summed E-state index contributed by atoms with van der Waals surface area (Å²) < 4.78 is 0. The molecule has 0 bridgehead atoms. The highest BCUT2D eigenvalue weighted by Crippen LogP contribution is 1.91. The maximum atomic E-state index is 10.9. The van der Waals surface area contributed by atoms with Crippen LogP contribution in [0.25, 0.3) is 0 Å². The van der Waals surface area contributed by atoms with Crippen molar-refractivity contribution in [3.8, 4) is 0 Å². The van der Waals surface area contributed by atoms with Gasteiger partial charge in [0.25, 0.3) is 0 Å². The SMILES string of the molecule is CC(S)C(=O)NCCCCO. The molecule has 66 valence electrons. The molecule has 0 rings (SSSR count). The molecule has 1 amide bonds. The van der Waals surface area contributed by atoms with Crippen molar-refractivity contribution in [2.45, 2.75) is 25.0 Å². The average Bonchev–Trinajstić information content (AvgIpc) is 1.97. The minimum Gasteiger partial charge on any atom is -0.396 e. The molecule has 0 radical (unpaired) electrons. The largest absolute Gasteiger partial charge is 0.396 e. The number of aliphatic hydroxyl groups is 1. The first kappa shape index (κ1) is 10.8. The molecule has 3 nitrogen and oxygen atoms in total. The van der Waals surface area contributed by atoms with E-state index in [1.54, 1.807) is 6.92 Å². The van der Waals surface area contributed by atoms with Gasteiger partial charge in [-0.3, -0.25) is 4.79 Å². The third-order valence-corrected chi connectivity index (χ3v) is 1.50. The van der Waals surface area contributed by atoms with Gasteiger partial charge in [-0.05, 0) is 19.8 Å². The van der Waals surface area contributed by atoms with Crippen molar-refractivity contribution in [1.29, 1.82) is 0 Å². The molecule has 0 saturated carbocycles. The van der Waals surface area contributed by atoms with Crippen molar-refractivity contribution in [1.82, 2.24) is 5.32 Å². The molecule has 4 heteroatoms. The molecule has 1 atom stereocenters. The van der Waals surface area contributed by atoms with E-state index in [1.807, 2.05) is 0 Å². The highest BCUT2D eigenvalue weighted by atomic mass is 32.1. The lowest BCUT2D eigenvalue weighted by Gasteiger charge is -2.05. The van der Waals surface area contributed by atoms with E-state index in [0.29, 0.717) is 6.54 Å². The second-order valence-corrected chi connectivity index (χ2v) is 3.17.